The Labute approximate surface area is 110 Å². The molecule has 0 spiro atoms. The lowest BCUT2D eigenvalue weighted by atomic mass is 9.85. The molecule has 18 heavy (non-hydrogen) atoms. The van der Waals surface area contributed by atoms with Gasteiger partial charge in [0.2, 0.25) is 0 Å². The number of aryl methyl sites for hydroxylation is 2. The normalized spacial score (nSPS) is 11.8. The zero-order valence-electron chi connectivity index (χ0n) is 12.0. The van der Waals surface area contributed by atoms with Crippen LogP contribution < -0.4 is 0 Å². The second-order valence-electron chi connectivity index (χ2n) is 5.95. The minimum absolute atomic E-state index is 0.195. The quantitative estimate of drug-likeness (QED) is 0.712. The molecule has 0 N–H and O–H groups in total. The summed E-state index contributed by atoms with van der Waals surface area (Å²) < 4.78 is 5.65. The molecule has 0 atom stereocenters. The van der Waals surface area contributed by atoms with Crippen molar-refractivity contribution in [1.29, 1.82) is 0 Å². The van der Waals surface area contributed by atoms with Crippen LogP contribution in [0.1, 0.15) is 44.4 Å². The molecule has 1 aromatic heterocycles. The van der Waals surface area contributed by atoms with Crippen LogP contribution in [0, 0.1) is 6.92 Å². The van der Waals surface area contributed by atoms with E-state index in [4.69, 9.17) is 4.42 Å². The van der Waals surface area contributed by atoms with Crippen molar-refractivity contribution >= 4 is 0 Å². The first-order chi connectivity index (χ1) is 8.41. The summed E-state index contributed by atoms with van der Waals surface area (Å²) in [6.07, 6.45) is 2.87. The highest BCUT2D eigenvalue weighted by molar-refractivity contribution is 5.63. The minimum Gasteiger partial charge on any atom is -0.464 e. The third-order valence-electron chi connectivity index (χ3n) is 3.42. The molecule has 0 unspecified atom stereocenters. The van der Waals surface area contributed by atoms with Crippen LogP contribution in [0.4, 0.5) is 0 Å². The molecule has 0 fully saturated rings. The number of benzene rings is 1. The van der Waals surface area contributed by atoms with Crippen molar-refractivity contribution in [2.24, 2.45) is 0 Å². The van der Waals surface area contributed by atoms with Gasteiger partial charge < -0.3 is 4.42 Å². The molecule has 0 aliphatic rings. The Morgan fingerprint density at radius 3 is 2.33 bits per heavy atom. The highest BCUT2D eigenvalue weighted by atomic mass is 16.3. The van der Waals surface area contributed by atoms with Crippen molar-refractivity contribution in [3.8, 4) is 11.3 Å². The van der Waals surface area contributed by atoms with Crippen molar-refractivity contribution in [3.63, 3.8) is 0 Å². The van der Waals surface area contributed by atoms with Gasteiger partial charge in [-0.15, -0.1) is 0 Å². The summed E-state index contributed by atoms with van der Waals surface area (Å²) in [7, 11) is 0. The second-order valence-corrected chi connectivity index (χ2v) is 5.95. The maximum absolute atomic E-state index is 5.65. The maximum atomic E-state index is 5.65. The van der Waals surface area contributed by atoms with Gasteiger partial charge in [0.25, 0.3) is 0 Å². The summed E-state index contributed by atoms with van der Waals surface area (Å²) in [6, 6.07) is 8.78. The van der Waals surface area contributed by atoms with Gasteiger partial charge in [0, 0.05) is 5.56 Å². The van der Waals surface area contributed by atoms with Crippen LogP contribution in [0.15, 0.2) is 34.9 Å². The number of rotatable bonds is 2. The van der Waals surface area contributed by atoms with Crippen molar-refractivity contribution in [3.05, 3.63) is 47.2 Å². The van der Waals surface area contributed by atoms with Gasteiger partial charge in [-0.2, -0.15) is 0 Å². The van der Waals surface area contributed by atoms with Gasteiger partial charge in [-0.05, 0) is 41.5 Å². The van der Waals surface area contributed by atoms with Gasteiger partial charge >= 0.3 is 0 Å². The van der Waals surface area contributed by atoms with Crippen molar-refractivity contribution < 1.29 is 4.42 Å². The lowest BCUT2D eigenvalue weighted by molar-refractivity contribution is 0.576. The van der Waals surface area contributed by atoms with Crippen LogP contribution in [0.25, 0.3) is 11.3 Å². The van der Waals surface area contributed by atoms with Crippen molar-refractivity contribution in [2.75, 3.05) is 0 Å². The van der Waals surface area contributed by atoms with E-state index in [-0.39, 0.29) is 5.41 Å². The van der Waals surface area contributed by atoms with Crippen molar-refractivity contribution in [1.82, 2.24) is 0 Å². The van der Waals surface area contributed by atoms with Gasteiger partial charge in [-0.25, -0.2) is 0 Å². The Morgan fingerprint density at radius 1 is 1.11 bits per heavy atom. The standard InChI is InChI=1S/C17H22O/c1-6-13-10-16(18-11-13)15-8-7-14(9-12(15)2)17(3,4)5/h7-11H,6H2,1-5H3. The van der Waals surface area contributed by atoms with Crippen LogP contribution in [-0.2, 0) is 11.8 Å². The minimum atomic E-state index is 0.195. The fraction of sp³-hybridized carbons (Fsp3) is 0.412. The predicted molar refractivity (Wildman–Crippen MR) is 77.0 cm³/mol. The molecule has 0 bridgehead atoms. The Hall–Kier alpha value is -1.50. The van der Waals surface area contributed by atoms with E-state index in [1.165, 1.54) is 22.3 Å². The maximum Gasteiger partial charge on any atom is 0.134 e. The summed E-state index contributed by atoms with van der Waals surface area (Å²) in [5.41, 5.74) is 5.29. The van der Waals surface area contributed by atoms with Crippen LogP contribution in [-0.4, -0.2) is 0 Å². The topological polar surface area (TPSA) is 13.1 Å². The van der Waals surface area contributed by atoms with E-state index in [1.807, 2.05) is 6.26 Å². The lowest BCUT2D eigenvalue weighted by Crippen LogP contribution is -2.11. The third kappa shape index (κ3) is 2.50. The van der Waals surface area contributed by atoms with E-state index in [9.17, 15) is 0 Å². The van der Waals surface area contributed by atoms with E-state index in [1.54, 1.807) is 0 Å². The molecule has 0 aliphatic heterocycles. The zero-order chi connectivity index (χ0) is 13.3. The molecule has 2 aromatic rings. The summed E-state index contributed by atoms with van der Waals surface area (Å²) >= 11 is 0. The Kier molecular flexibility index (Phi) is 3.34. The van der Waals surface area contributed by atoms with Crippen molar-refractivity contribution in [2.45, 2.75) is 46.5 Å². The molecule has 1 aromatic carbocycles. The van der Waals surface area contributed by atoms with Gasteiger partial charge in [0.1, 0.15) is 5.76 Å². The molecule has 0 aliphatic carbocycles. The van der Waals surface area contributed by atoms with E-state index in [0.717, 1.165) is 12.2 Å². The highest BCUT2D eigenvalue weighted by Crippen LogP contribution is 2.30. The van der Waals surface area contributed by atoms with Crippen LogP contribution in [0.5, 0.6) is 0 Å². The summed E-state index contributed by atoms with van der Waals surface area (Å²) in [6.45, 7) is 11.0. The van der Waals surface area contributed by atoms with Gasteiger partial charge in [-0.1, -0.05) is 45.9 Å². The first kappa shape index (κ1) is 12.9. The van der Waals surface area contributed by atoms with Crippen LogP contribution in [0.3, 0.4) is 0 Å². The fourth-order valence-electron chi connectivity index (χ4n) is 2.11. The average molecular weight is 242 g/mol. The molecule has 0 saturated heterocycles. The smallest absolute Gasteiger partial charge is 0.134 e. The first-order valence-corrected chi connectivity index (χ1v) is 6.60. The molecule has 0 saturated carbocycles. The van der Waals surface area contributed by atoms with Crippen LogP contribution in [0.2, 0.25) is 0 Å². The molecule has 0 radical (unpaired) electrons. The highest BCUT2D eigenvalue weighted by Gasteiger charge is 2.15. The summed E-state index contributed by atoms with van der Waals surface area (Å²) in [5, 5.41) is 0. The molecule has 1 heterocycles. The van der Waals surface area contributed by atoms with Gasteiger partial charge in [-0.3, -0.25) is 0 Å². The predicted octanol–water partition coefficient (Wildman–Crippen LogP) is 5.11. The monoisotopic (exact) mass is 242 g/mol. The van der Waals surface area contributed by atoms with Gasteiger partial charge in [0.15, 0.2) is 0 Å². The Morgan fingerprint density at radius 2 is 1.83 bits per heavy atom. The average Bonchev–Trinajstić information content (AvgIpc) is 2.76. The lowest BCUT2D eigenvalue weighted by Gasteiger charge is -2.20. The molecule has 2 rings (SSSR count). The number of hydrogen-bond acceptors (Lipinski definition) is 1. The van der Waals surface area contributed by atoms with E-state index in [2.05, 4.69) is 58.9 Å². The molecule has 1 nitrogen and oxygen atoms in total. The van der Waals surface area contributed by atoms with E-state index < -0.39 is 0 Å². The largest absolute Gasteiger partial charge is 0.464 e. The molecular weight excluding hydrogens is 220 g/mol. The molecule has 0 amide bonds. The van der Waals surface area contributed by atoms with Crippen LogP contribution >= 0.6 is 0 Å². The number of hydrogen-bond donors (Lipinski definition) is 0. The molecule has 1 heteroatoms. The van der Waals surface area contributed by atoms with E-state index >= 15 is 0 Å². The van der Waals surface area contributed by atoms with E-state index in [0.29, 0.717) is 0 Å². The Bertz CT molecular complexity index is 541. The zero-order valence-corrected chi connectivity index (χ0v) is 12.0. The Balaban J connectivity index is 2.41. The molecule has 96 valence electrons. The SMILES string of the molecule is CCc1coc(-c2ccc(C(C)(C)C)cc2C)c1. The first-order valence-electron chi connectivity index (χ1n) is 6.60. The fourth-order valence-corrected chi connectivity index (χ4v) is 2.11. The second kappa shape index (κ2) is 4.64. The van der Waals surface area contributed by atoms with Gasteiger partial charge in [0.05, 0.1) is 6.26 Å². The molecular formula is C17H22O. The number of furan rings is 1. The third-order valence-corrected chi connectivity index (χ3v) is 3.42. The summed E-state index contributed by atoms with van der Waals surface area (Å²) in [5.74, 6) is 0.977. The summed E-state index contributed by atoms with van der Waals surface area (Å²) in [4.78, 5) is 0.